The minimum atomic E-state index is -0.572. The van der Waals surface area contributed by atoms with Crippen molar-refractivity contribution in [3.05, 3.63) is 71.8 Å². The Labute approximate surface area is 212 Å². The van der Waals surface area contributed by atoms with Crippen molar-refractivity contribution in [3.8, 4) is 0 Å². The number of hydrogen-bond acceptors (Lipinski definition) is 5. The van der Waals surface area contributed by atoms with E-state index in [1.54, 1.807) is 0 Å². The van der Waals surface area contributed by atoms with Gasteiger partial charge in [0.15, 0.2) is 0 Å². The zero-order valence-electron chi connectivity index (χ0n) is 20.9. The maximum Gasteiger partial charge on any atom is 0.417 e. The monoisotopic (exact) mass is 487 g/mol. The summed E-state index contributed by atoms with van der Waals surface area (Å²) in [5.74, 6) is -0.252. The number of likely N-dealkylation sites (tertiary alicyclic amines) is 2. The third kappa shape index (κ3) is 3.90. The van der Waals surface area contributed by atoms with E-state index in [0.29, 0.717) is 19.6 Å². The van der Waals surface area contributed by atoms with Gasteiger partial charge in [-0.15, -0.1) is 0 Å². The molecule has 0 radical (unpaired) electrons. The predicted molar refractivity (Wildman–Crippen MR) is 133 cm³/mol. The molecule has 3 atom stereocenters. The van der Waals surface area contributed by atoms with Crippen LogP contribution in [0.4, 0.5) is 4.79 Å². The smallest absolute Gasteiger partial charge is 0.417 e. The second kappa shape index (κ2) is 8.44. The van der Waals surface area contributed by atoms with E-state index in [2.05, 4.69) is 30.9 Å². The van der Waals surface area contributed by atoms with Crippen molar-refractivity contribution in [2.45, 2.75) is 32.9 Å². The number of ether oxygens (including phenoxy) is 1. The van der Waals surface area contributed by atoms with Crippen LogP contribution in [0.5, 0.6) is 0 Å². The van der Waals surface area contributed by atoms with Gasteiger partial charge >= 0.3 is 6.09 Å². The second-order valence-electron chi connectivity index (χ2n) is 11.7. The summed E-state index contributed by atoms with van der Waals surface area (Å²) in [7, 11) is 0. The fraction of sp³-hybridized carbons (Fsp3) is 0.483. The van der Waals surface area contributed by atoms with Crippen LogP contribution < -0.4 is 0 Å². The van der Waals surface area contributed by atoms with Crippen LogP contribution in [0.2, 0.25) is 0 Å². The average molecular weight is 488 g/mol. The van der Waals surface area contributed by atoms with Gasteiger partial charge in [0.2, 0.25) is 11.8 Å². The zero-order chi connectivity index (χ0) is 25.1. The lowest BCUT2D eigenvalue weighted by molar-refractivity contribution is -0.154. The Balaban J connectivity index is 1.25. The van der Waals surface area contributed by atoms with E-state index < -0.39 is 12.1 Å². The average Bonchev–Trinajstić information content (AvgIpc) is 3.16. The number of cyclic esters (lactones) is 1. The first kappa shape index (κ1) is 23.2. The minimum Gasteiger partial charge on any atom is -0.446 e. The number of rotatable bonds is 5. The van der Waals surface area contributed by atoms with Crippen LogP contribution in [-0.4, -0.2) is 65.4 Å². The number of hydrogen-bond donors (Lipinski definition) is 0. The zero-order valence-corrected chi connectivity index (χ0v) is 20.9. The quantitative estimate of drug-likeness (QED) is 0.643. The molecule has 0 aromatic heterocycles. The van der Waals surface area contributed by atoms with Gasteiger partial charge in [-0.3, -0.25) is 14.5 Å². The molecule has 2 aromatic carbocycles. The highest BCUT2D eigenvalue weighted by atomic mass is 16.6. The molecule has 188 valence electrons. The molecule has 3 amide bonds. The maximum absolute atomic E-state index is 14.1. The Morgan fingerprint density at radius 3 is 2.19 bits per heavy atom. The molecule has 7 nitrogen and oxygen atoms in total. The Morgan fingerprint density at radius 2 is 1.56 bits per heavy atom. The number of nitrogens with zero attached hydrogens (tertiary/aromatic N) is 3. The molecule has 4 aliphatic rings. The van der Waals surface area contributed by atoms with E-state index in [0.717, 1.165) is 25.1 Å². The van der Waals surface area contributed by atoms with Crippen molar-refractivity contribution in [2.24, 2.45) is 22.7 Å². The minimum absolute atomic E-state index is 0.0757. The highest BCUT2D eigenvalue weighted by Crippen LogP contribution is 2.55. The summed E-state index contributed by atoms with van der Waals surface area (Å²) in [6.07, 6.45) is 0.355. The van der Waals surface area contributed by atoms with Gasteiger partial charge in [-0.2, -0.15) is 0 Å². The first-order valence-corrected chi connectivity index (χ1v) is 12.9. The van der Waals surface area contributed by atoms with Crippen LogP contribution in [0, 0.1) is 22.7 Å². The van der Waals surface area contributed by atoms with E-state index in [-0.39, 0.29) is 41.1 Å². The Bertz CT molecular complexity index is 1180. The molecule has 1 aliphatic carbocycles. The summed E-state index contributed by atoms with van der Waals surface area (Å²) < 4.78 is 5.37. The van der Waals surface area contributed by atoms with Crippen LogP contribution in [0.25, 0.3) is 0 Å². The normalized spacial score (nSPS) is 28.2. The van der Waals surface area contributed by atoms with Crippen LogP contribution in [0.15, 0.2) is 60.7 Å². The first-order chi connectivity index (χ1) is 17.3. The standard InChI is InChI=1S/C29H33N3O4/c1-28(2)13-22(28)25(33)31-18-29(19-31)17-30(14-20-9-5-3-6-10-20)15-23(29)26(34)32-24(16-36-27(32)35)21-11-7-4-8-12-21/h3-12,22-24H,13-19H2,1-2H3/t22-,23+,24+/m1/s1. The lowest BCUT2D eigenvalue weighted by Crippen LogP contribution is -2.64. The fourth-order valence-electron chi connectivity index (χ4n) is 6.43. The van der Waals surface area contributed by atoms with Crippen molar-refractivity contribution in [3.63, 3.8) is 0 Å². The van der Waals surface area contributed by atoms with Gasteiger partial charge in [0.1, 0.15) is 12.6 Å². The molecule has 36 heavy (non-hydrogen) atoms. The summed E-state index contributed by atoms with van der Waals surface area (Å²) in [5, 5.41) is 0. The lowest BCUT2D eigenvalue weighted by Gasteiger charge is -2.51. The molecule has 3 heterocycles. The van der Waals surface area contributed by atoms with E-state index in [4.69, 9.17) is 4.74 Å². The van der Waals surface area contributed by atoms with Gasteiger partial charge < -0.3 is 9.64 Å². The van der Waals surface area contributed by atoms with Crippen molar-refractivity contribution in [2.75, 3.05) is 32.8 Å². The van der Waals surface area contributed by atoms with E-state index in [1.165, 1.54) is 10.5 Å². The second-order valence-corrected chi connectivity index (χ2v) is 11.7. The van der Waals surface area contributed by atoms with E-state index in [9.17, 15) is 14.4 Å². The predicted octanol–water partition coefficient (Wildman–Crippen LogP) is 3.71. The Kier molecular flexibility index (Phi) is 5.45. The largest absolute Gasteiger partial charge is 0.446 e. The first-order valence-electron chi connectivity index (χ1n) is 12.9. The van der Waals surface area contributed by atoms with Crippen LogP contribution in [0.1, 0.15) is 37.4 Å². The maximum atomic E-state index is 14.1. The number of benzene rings is 2. The molecule has 0 N–H and O–H groups in total. The van der Waals surface area contributed by atoms with Gasteiger partial charge in [0.25, 0.3) is 0 Å². The molecule has 0 unspecified atom stereocenters. The summed E-state index contributed by atoms with van der Waals surface area (Å²) >= 11 is 0. The summed E-state index contributed by atoms with van der Waals surface area (Å²) in [6, 6.07) is 19.4. The highest BCUT2D eigenvalue weighted by Gasteiger charge is 2.62. The van der Waals surface area contributed by atoms with Crippen molar-refractivity contribution in [1.29, 1.82) is 0 Å². The molecule has 0 bridgehead atoms. The Hall–Kier alpha value is -3.19. The van der Waals surface area contributed by atoms with Gasteiger partial charge in [-0.25, -0.2) is 9.69 Å². The summed E-state index contributed by atoms with van der Waals surface area (Å²) in [4.78, 5) is 45.5. The van der Waals surface area contributed by atoms with Crippen LogP contribution in [0.3, 0.4) is 0 Å². The molecule has 1 saturated carbocycles. The van der Waals surface area contributed by atoms with Gasteiger partial charge in [0.05, 0.1) is 5.92 Å². The van der Waals surface area contributed by atoms with Crippen molar-refractivity contribution >= 4 is 17.9 Å². The van der Waals surface area contributed by atoms with Gasteiger partial charge in [0, 0.05) is 44.1 Å². The number of carbonyl (C=O) groups is 3. The number of amides is 3. The lowest BCUT2D eigenvalue weighted by atomic mass is 9.70. The van der Waals surface area contributed by atoms with Crippen LogP contribution in [-0.2, 0) is 20.9 Å². The molecule has 3 aliphatic heterocycles. The molecule has 2 aromatic rings. The topological polar surface area (TPSA) is 70.2 Å². The number of imide groups is 1. The number of carbonyl (C=O) groups excluding carboxylic acids is 3. The summed E-state index contributed by atoms with van der Waals surface area (Å²) in [6.45, 7) is 7.61. The molecule has 7 heteroatoms. The fourth-order valence-corrected chi connectivity index (χ4v) is 6.43. The molecule has 1 spiro atoms. The Morgan fingerprint density at radius 1 is 0.917 bits per heavy atom. The van der Waals surface area contributed by atoms with E-state index >= 15 is 0 Å². The highest BCUT2D eigenvalue weighted by molar-refractivity contribution is 5.96. The molecule has 4 fully saturated rings. The van der Waals surface area contributed by atoms with Gasteiger partial charge in [-0.1, -0.05) is 74.5 Å². The third-order valence-corrected chi connectivity index (χ3v) is 8.70. The molecular weight excluding hydrogens is 454 g/mol. The van der Waals surface area contributed by atoms with Gasteiger partial charge in [-0.05, 0) is 23.0 Å². The van der Waals surface area contributed by atoms with Crippen LogP contribution >= 0.6 is 0 Å². The molecular formula is C29H33N3O4. The molecule has 6 rings (SSSR count). The van der Waals surface area contributed by atoms with E-state index in [1.807, 2.05) is 53.4 Å². The van der Waals surface area contributed by atoms with Crippen molar-refractivity contribution < 1.29 is 19.1 Å². The summed E-state index contributed by atoms with van der Waals surface area (Å²) in [5.41, 5.74) is 1.82. The van der Waals surface area contributed by atoms with Crippen molar-refractivity contribution in [1.82, 2.24) is 14.7 Å². The SMILES string of the molecule is CC1(C)C[C@@H]1C(=O)N1CC2(CN(Cc3ccccc3)C[C@H]2C(=O)N2C(=O)OC[C@H]2c2ccccc2)C1. The molecule has 3 saturated heterocycles. The third-order valence-electron chi connectivity index (χ3n) is 8.70.